The Bertz CT molecular complexity index is 388. The fraction of sp³-hybridized carbons (Fsp3) is 0.647. The molecule has 1 aromatic carbocycles. The molecule has 3 heteroatoms. The van der Waals surface area contributed by atoms with E-state index in [-0.39, 0.29) is 0 Å². The average molecular weight is 274 g/mol. The van der Waals surface area contributed by atoms with Crippen molar-refractivity contribution in [3.8, 4) is 0 Å². The van der Waals surface area contributed by atoms with Gasteiger partial charge in [0.05, 0.1) is 6.61 Å². The molecular formula is C17H26N2O. The molecule has 0 saturated carbocycles. The fourth-order valence-corrected chi connectivity index (χ4v) is 3.23. The van der Waals surface area contributed by atoms with Gasteiger partial charge in [0.1, 0.15) is 0 Å². The molecule has 0 amide bonds. The highest BCUT2D eigenvalue weighted by Crippen LogP contribution is 2.15. The predicted molar refractivity (Wildman–Crippen MR) is 82.1 cm³/mol. The Hall–Kier alpha value is -0.900. The molecule has 3 rings (SSSR count). The molecule has 0 aliphatic carbocycles. The van der Waals surface area contributed by atoms with E-state index in [0.717, 1.165) is 32.2 Å². The topological polar surface area (TPSA) is 24.5 Å². The molecule has 0 aromatic heterocycles. The average Bonchev–Trinajstić information content (AvgIpc) is 2.91. The maximum atomic E-state index is 5.41. The summed E-state index contributed by atoms with van der Waals surface area (Å²) in [6, 6.07) is 8.91. The van der Waals surface area contributed by atoms with Crippen molar-refractivity contribution in [2.24, 2.45) is 5.92 Å². The van der Waals surface area contributed by atoms with Crippen LogP contribution in [0.5, 0.6) is 0 Å². The van der Waals surface area contributed by atoms with Gasteiger partial charge in [-0.3, -0.25) is 0 Å². The van der Waals surface area contributed by atoms with E-state index < -0.39 is 0 Å². The zero-order chi connectivity index (χ0) is 13.6. The molecule has 0 spiro atoms. The molecule has 1 N–H and O–H groups in total. The van der Waals surface area contributed by atoms with Gasteiger partial charge in [0.15, 0.2) is 0 Å². The van der Waals surface area contributed by atoms with Crippen molar-refractivity contribution in [2.45, 2.75) is 19.3 Å². The van der Waals surface area contributed by atoms with Gasteiger partial charge in [0.2, 0.25) is 0 Å². The third-order valence-electron chi connectivity index (χ3n) is 4.57. The van der Waals surface area contributed by atoms with Gasteiger partial charge in [0.25, 0.3) is 0 Å². The van der Waals surface area contributed by atoms with Crippen LogP contribution in [-0.2, 0) is 17.6 Å². The molecule has 1 unspecified atom stereocenters. The lowest BCUT2D eigenvalue weighted by molar-refractivity contribution is 0.185. The quantitative estimate of drug-likeness (QED) is 0.827. The second kappa shape index (κ2) is 7.21. The van der Waals surface area contributed by atoms with E-state index in [0.29, 0.717) is 0 Å². The van der Waals surface area contributed by atoms with Gasteiger partial charge in [0, 0.05) is 39.3 Å². The number of rotatable bonds is 5. The zero-order valence-corrected chi connectivity index (χ0v) is 12.3. The monoisotopic (exact) mass is 274 g/mol. The molecule has 110 valence electrons. The van der Waals surface area contributed by atoms with Gasteiger partial charge in [-0.25, -0.2) is 0 Å². The van der Waals surface area contributed by atoms with Crippen LogP contribution in [0.25, 0.3) is 0 Å². The van der Waals surface area contributed by atoms with Gasteiger partial charge in [-0.1, -0.05) is 24.3 Å². The second-order valence-corrected chi connectivity index (χ2v) is 6.04. The first kappa shape index (κ1) is 14.1. The Morgan fingerprint density at radius 3 is 2.55 bits per heavy atom. The minimum absolute atomic E-state index is 0.739. The van der Waals surface area contributed by atoms with Crippen molar-refractivity contribution in [3.63, 3.8) is 0 Å². The number of hydrogen-bond donors (Lipinski definition) is 1. The van der Waals surface area contributed by atoms with Gasteiger partial charge >= 0.3 is 0 Å². The maximum Gasteiger partial charge on any atom is 0.0507 e. The summed E-state index contributed by atoms with van der Waals surface area (Å²) in [5.41, 5.74) is 3.09. The number of fused-ring (bicyclic) bond motifs is 1. The second-order valence-electron chi connectivity index (χ2n) is 6.04. The Morgan fingerprint density at radius 1 is 1.15 bits per heavy atom. The van der Waals surface area contributed by atoms with Crippen molar-refractivity contribution in [3.05, 3.63) is 35.4 Å². The van der Waals surface area contributed by atoms with Gasteiger partial charge in [-0.2, -0.15) is 0 Å². The van der Waals surface area contributed by atoms with Crippen LogP contribution in [0.4, 0.5) is 0 Å². The number of benzene rings is 1. The Balaban J connectivity index is 1.37. The molecule has 2 aliphatic rings. The van der Waals surface area contributed by atoms with E-state index in [9.17, 15) is 0 Å². The van der Waals surface area contributed by atoms with Crippen LogP contribution in [0.3, 0.4) is 0 Å². The smallest absolute Gasteiger partial charge is 0.0507 e. The molecular weight excluding hydrogens is 248 g/mol. The Kier molecular flexibility index (Phi) is 5.06. The molecule has 3 nitrogen and oxygen atoms in total. The van der Waals surface area contributed by atoms with Crippen LogP contribution in [0.15, 0.2) is 24.3 Å². The van der Waals surface area contributed by atoms with Crippen molar-refractivity contribution >= 4 is 0 Å². The van der Waals surface area contributed by atoms with E-state index in [1.165, 1.54) is 38.9 Å². The van der Waals surface area contributed by atoms with E-state index >= 15 is 0 Å². The standard InChI is InChI=1S/C17H26N2O/c1-2-4-17-6-10-19(9-5-16(17)3-1)11-8-18-13-15-7-12-20-14-15/h1-4,15,18H,5-14H2. The van der Waals surface area contributed by atoms with Crippen molar-refractivity contribution in [1.82, 2.24) is 10.2 Å². The molecule has 1 saturated heterocycles. The highest BCUT2D eigenvalue weighted by Gasteiger charge is 2.15. The SMILES string of the molecule is c1ccc2c(c1)CCN(CCNCC1CCOC1)CC2. The van der Waals surface area contributed by atoms with Gasteiger partial charge < -0.3 is 15.0 Å². The Morgan fingerprint density at radius 2 is 1.90 bits per heavy atom. The highest BCUT2D eigenvalue weighted by molar-refractivity contribution is 5.28. The molecule has 1 aromatic rings. The van der Waals surface area contributed by atoms with E-state index in [4.69, 9.17) is 4.74 Å². The van der Waals surface area contributed by atoms with E-state index in [1.807, 2.05) is 0 Å². The predicted octanol–water partition coefficient (Wildman–Crippen LogP) is 1.71. The molecule has 0 radical (unpaired) electrons. The van der Waals surface area contributed by atoms with E-state index in [1.54, 1.807) is 11.1 Å². The summed E-state index contributed by atoms with van der Waals surface area (Å²) < 4.78 is 5.41. The summed E-state index contributed by atoms with van der Waals surface area (Å²) in [5, 5.41) is 3.59. The van der Waals surface area contributed by atoms with Crippen LogP contribution in [0.1, 0.15) is 17.5 Å². The summed E-state index contributed by atoms with van der Waals surface area (Å²) in [7, 11) is 0. The fourth-order valence-electron chi connectivity index (χ4n) is 3.23. The molecule has 1 fully saturated rings. The van der Waals surface area contributed by atoms with Crippen LogP contribution in [0.2, 0.25) is 0 Å². The first-order valence-corrected chi connectivity index (χ1v) is 7.99. The molecule has 20 heavy (non-hydrogen) atoms. The van der Waals surface area contributed by atoms with Crippen LogP contribution in [0, 0.1) is 5.92 Å². The summed E-state index contributed by atoms with van der Waals surface area (Å²) in [4.78, 5) is 2.60. The number of nitrogens with one attached hydrogen (secondary N) is 1. The number of ether oxygens (including phenoxy) is 1. The van der Waals surface area contributed by atoms with Crippen LogP contribution in [-0.4, -0.2) is 50.8 Å². The molecule has 1 atom stereocenters. The van der Waals surface area contributed by atoms with Crippen LogP contribution >= 0.6 is 0 Å². The lowest BCUT2D eigenvalue weighted by atomic mass is 10.0. The highest BCUT2D eigenvalue weighted by atomic mass is 16.5. The minimum Gasteiger partial charge on any atom is -0.381 e. The number of hydrogen-bond acceptors (Lipinski definition) is 3. The van der Waals surface area contributed by atoms with E-state index in [2.05, 4.69) is 34.5 Å². The summed E-state index contributed by atoms with van der Waals surface area (Å²) in [6.07, 6.45) is 3.63. The normalized spacial score (nSPS) is 23.5. The lowest BCUT2D eigenvalue weighted by Crippen LogP contribution is -2.35. The third kappa shape index (κ3) is 3.81. The summed E-state index contributed by atoms with van der Waals surface area (Å²) in [6.45, 7) is 7.70. The first-order chi connectivity index (χ1) is 9.92. The molecule has 2 aliphatic heterocycles. The maximum absolute atomic E-state index is 5.41. The summed E-state index contributed by atoms with van der Waals surface area (Å²) in [5.74, 6) is 0.739. The first-order valence-electron chi connectivity index (χ1n) is 7.99. The molecule has 0 bridgehead atoms. The van der Waals surface area contributed by atoms with Crippen molar-refractivity contribution in [1.29, 1.82) is 0 Å². The number of nitrogens with zero attached hydrogens (tertiary/aromatic N) is 1. The lowest BCUT2D eigenvalue weighted by Gasteiger charge is -2.20. The third-order valence-corrected chi connectivity index (χ3v) is 4.57. The Labute approximate surface area is 122 Å². The van der Waals surface area contributed by atoms with Crippen LogP contribution < -0.4 is 5.32 Å². The summed E-state index contributed by atoms with van der Waals surface area (Å²) >= 11 is 0. The molecule has 2 heterocycles. The van der Waals surface area contributed by atoms with Gasteiger partial charge in [-0.05, 0) is 36.3 Å². The van der Waals surface area contributed by atoms with Crippen molar-refractivity contribution < 1.29 is 4.74 Å². The minimum atomic E-state index is 0.739. The zero-order valence-electron chi connectivity index (χ0n) is 12.3. The van der Waals surface area contributed by atoms with Crippen molar-refractivity contribution in [2.75, 3.05) is 45.9 Å². The largest absolute Gasteiger partial charge is 0.381 e. The van der Waals surface area contributed by atoms with Gasteiger partial charge in [-0.15, -0.1) is 0 Å².